The van der Waals surface area contributed by atoms with E-state index in [1.165, 1.54) is 29.7 Å². The Morgan fingerprint density at radius 2 is 1.83 bits per heavy atom. The van der Waals surface area contributed by atoms with Gasteiger partial charge in [0.25, 0.3) is 0 Å². The van der Waals surface area contributed by atoms with Crippen LogP contribution in [0.4, 0.5) is 17.1 Å². The van der Waals surface area contributed by atoms with E-state index < -0.39 is 0 Å². The summed E-state index contributed by atoms with van der Waals surface area (Å²) in [4.78, 5) is 4.47. The zero-order valence-electron chi connectivity index (χ0n) is 18.3. The second-order valence-electron chi connectivity index (χ2n) is 8.30. The van der Waals surface area contributed by atoms with Crippen molar-refractivity contribution in [2.24, 2.45) is 5.92 Å². The SMILES string of the molecule is C=C(C)Nc1ccc(C(=C)N(C)c2ccc3c(c2)C(C2CC2)=CC(=C)N3CC)cc1. The first-order valence-corrected chi connectivity index (χ1v) is 10.7. The van der Waals surface area contributed by atoms with Gasteiger partial charge in [-0.15, -0.1) is 0 Å². The van der Waals surface area contributed by atoms with Gasteiger partial charge in [-0.2, -0.15) is 0 Å². The molecule has 0 spiro atoms. The number of rotatable bonds is 7. The predicted octanol–water partition coefficient (Wildman–Crippen LogP) is 6.89. The van der Waals surface area contributed by atoms with Crippen molar-refractivity contribution in [3.05, 3.63) is 90.8 Å². The number of fused-ring (bicyclic) bond motifs is 1. The van der Waals surface area contributed by atoms with E-state index in [-0.39, 0.29) is 0 Å². The van der Waals surface area contributed by atoms with Gasteiger partial charge in [0, 0.05) is 53.3 Å². The number of hydrogen-bond donors (Lipinski definition) is 1. The molecule has 1 fully saturated rings. The van der Waals surface area contributed by atoms with Crippen molar-refractivity contribution in [3.63, 3.8) is 0 Å². The maximum Gasteiger partial charge on any atom is 0.0488 e. The quantitative estimate of drug-likeness (QED) is 0.549. The van der Waals surface area contributed by atoms with Gasteiger partial charge in [-0.25, -0.2) is 0 Å². The maximum atomic E-state index is 4.36. The zero-order chi connectivity index (χ0) is 21.4. The molecule has 3 heteroatoms. The minimum atomic E-state index is 0.677. The van der Waals surface area contributed by atoms with Crippen molar-refractivity contribution < 1.29 is 0 Å². The number of nitrogens with one attached hydrogen (secondary N) is 1. The van der Waals surface area contributed by atoms with Gasteiger partial charge in [0.05, 0.1) is 0 Å². The fourth-order valence-corrected chi connectivity index (χ4v) is 4.14. The number of anilines is 3. The Bertz CT molecular complexity index is 1040. The molecule has 4 rings (SSSR count). The van der Waals surface area contributed by atoms with Crippen LogP contribution in [0.15, 0.2) is 79.7 Å². The predicted molar refractivity (Wildman–Crippen MR) is 132 cm³/mol. The Labute approximate surface area is 180 Å². The van der Waals surface area contributed by atoms with E-state index >= 15 is 0 Å². The molecular formula is C27H31N3. The number of benzene rings is 2. The zero-order valence-corrected chi connectivity index (χ0v) is 18.3. The Kier molecular flexibility index (Phi) is 5.29. The average molecular weight is 398 g/mol. The van der Waals surface area contributed by atoms with E-state index in [1.54, 1.807) is 0 Å². The summed E-state index contributed by atoms with van der Waals surface area (Å²) in [6.45, 7) is 17.6. The lowest BCUT2D eigenvalue weighted by Gasteiger charge is -2.33. The van der Waals surface area contributed by atoms with Gasteiger partial charge in [0.1, 0.15) is 0 Å². The maximum absolute atomic E-state index is 4.36. The third kappa shape index (κ3) is 3.80. The highest BCUT2D eigenvalue weighted by molar-refractivity contribution is 5.89. The van der Waals surface area contributed by atoms with Gasteiger partial charge in [-0.1, -0.05) is 31.9 Å². The second-order valence-corrected chi connectivity index (χ2v) is 8.30. The highest BCUT2D eigenvalue weighted by Crippen LogP contribution is 2.49. The molecule has 1 N–H and O–H groups in total. The van der Waals surface area contributed by atoms with Crippen LogP contribution >= 0.6 is 0 Å². The van der Waals surface area contributed by atoms with E-state index in [2.05, 4.69) is 97.4 Å². The molecule has 0 bridgehead atoms. The van der Waals surface area contributed by atoms with Gasteiger partial charge >= 0.3 is 0 Å². The van der Waals surface area contributed by atoms with Gasteiger partial charge in [-0.05, 0) is 80.2 Å². The molecule has 0 unspecified atom stereocenters. The van der Waals surface area contributed by atoms with Crippen LogP contribution in [0, 0.1) is 5.92 Å². The molecule has 2 aliphatic rings. The van der Waals surface area contributed by atoms with Crippen molar-refractivity contribution in [2.75, 3.05) is 28.7 Å². The van der Waals surface area contributed by atoms with Crippen LogP contribution in [-0.2, 0) is 0 Å². The van der Waals surface area contributed by atoms with E-state index in [4.69, 9.17) is 0 Å². The highest BCUT2D eigenvalue weighted by atomic mass is 15.1. The average Bonchev–Trinajstić information content (AvgIpc) is 3.57. The standard InChI is InChI=1S/C27H31N3/c1-7-30-19(4)16-25(22-8-9-22)26-17-24(14-15-27(26)30)29(6)20(5)21-10-12-23(13-11-21)28-18(2)3/h10-17,22,28H,2,4-5,7-9H2,1,3,6H3. The molecule has 3 nitrogen and oxygen atoms in total. The summed E-state index contributed by atoms with van der Waals surface area (Å²) < 4.78 is 0. The molecule has 0 aromatic heterocycles. The first kappa shape index (κ1) is 20.1. The molecule has 2 aromatic rings. The Hall–Kier alpha value is -3.20. The third-order valence-electron chi connectivity index (χ3n) is 5.95. The lowest BCUT2D eigenvalue weighted by molar-refractivity contribution is 0.960. The molecule has 2 aromatic carbocycles. The van der Waals surface area contributed by atoms with Crippen molar-refractivity contribution in [1.29, 1.82) is 0 Å². The normalized spacial score (nSPS) is 15.4. The number of likely N-dealkylation sites (N-methyl/N-ethyl adjacent to an activating group) is 1. The summed E-state index contributed by atoms with van der Waals surface area (Å²) in [5, 5.41) is 3.24. The molecule has 1 aliphatic heterocycles. The molecule has 0 amide bonds. The van der Waals surface area contributed by atoms with Crippen LogP contribution in [-0.4, -0.2) is 13.6 Å². The van der Waals surface area contributed by atoms with Crippen molar-refractivity contribution >= 4 is 28.3 Å². The molecule has 30 heavy (non-hydrogen) atoms. The molecule has 1 saturated carbocycles. The van der Waals surface area contributed by atoms with E-state index in [0.717, 1.165) is 40.6 Å². The summed E-state index contributed by atoms with van der Waals surface area (Å²) >= 11 is 0. The van der Waals surface area contributed by atoms with Gasteiger partial charge in [-0.3, -0.25) is 0 Å². The lowest BCUT2D eigenvalue weighted by atomic mass is 9.93. The minimum absolute atomic E-state index is 0.677. The van der Waals surface area contributed by atoms with E-state index in [0.29, 0.717) is 5.92 Å². The number of nitrogens with zero attached hydrogens (tertiary/aromatic N) is 2. The van der Waals surface area contributed by atoms with Crippen LogP contribution in [0.5, 0.6) is 0 Å². The smallest absolute Gasteiger partial charge is 0.0488 e. The van der Waals surface area contributed by atoms with Crippen molar-refractivity contribution in [3.8, 4) is 0 Å². The van der Waals surface area contributed by atoms with Crippen molar-refractivity contribution in [1.82, 2.24) is 0 Å². The third-order valence-corrected chi connectivity index (χ3v) is 5.95. The molecule has 1 heterocycles. The Morgan fingerprint density at radius 3 is 2.43 bits per heavy atom. The van der Waals surface area contributed by atoms with Crippen LogP contribution in [0.1, 0.15) is 37.8 Å². The van der Waals surface area contributed by atoms with E-state index in [1.807, 2.05) is 6.92 Å². The summed E-state index contributed by atoms with van der Waals surface area (Å²) in [7, 11) is 2.09. The van der Waals surface area contributed by atoms with E-state index in [9.17, 15) is 0 Å². The lowest BCUT2D eigenvalue weighted by Crippen LogP contribution is -2.25. The summed E-state index contributed by atoms with van der Waals surface area (Å²) in [6, 6.07) is 15.1. The monoisotopic (exact) mass is 397 g/mol. The number of allylic oxidation sites excluding steroid dienone is 3. The fraction of sp³-hybridized carbons (Fsp3) is 0.259. The van der Waals surface area contributed by atoms with Gasteiger partial charge < -0.3 is 15.1 Å². The fourth-order valence-electron chi connectivity index (χ4n) is 4.14. The molecule has 0 saturated heterocycles. The molecule has 154 valence electrons. The molecule has 0 radical (unpaired) electrons. The van der Waals surface area contributed by atoms with Gasteiger partial charge in [0.15, 0.2) is 0 Å². The summed E-state index contributed by atoms with van der Waals surface area (Å²) in [6.07, 6.45) is 4.85. The molecule has 1 aliphatic carbocycles. The van der Waals surface area contributed by atoms with Crippen LogP contribution in [0.25, 0.3) is 11.3 Å². The Morgan fingerprint density at radius 1 is 1.13 bits per heavy atom. The number of hydrogen-bond acceptors (Lipinski definition) is 3. The van der Waals surface area contributed by atoms with Crippen molar-refractivity contribution in [2.45, 2.75) is 26.7 Å². The largest absolute Gasteiger partial charge is 0.360 e. The summed E-state index contributed by atoms with van der Waals surface area (Å²) in [5.41, 5.74) is 10.3. The van der Waals surface area contributed by atoms with Crippen LogP contribution < -0.4 is 15.1 Å². The molecule has 0 atom stereocenters. The topological polar surface area (TPSA) is 18.5 Å². The minimum Gasteiger partial charge on any atom is -0.360 e. The molecular weight excluding hydrogens is 366 g/mol. The van der Waals surface area contributed by atoms with Crippen LogP contribution in [0.2, 0.25) is 0 Å². The van der Waals surface area contributed by atoms with Crippen LogP contribution in [0.3, 0.4) is 0 Å². The van der Waals surface area contributed by atoms with Gasteiger partial charge in [0.2, 0.25) is 0 Å². The first-order valence-electron chi connectivity index (χ1n) is 10.7. The Balaban J connectivity index is 1.62. The highest BCUT2D eigenvalue weighted by Gasteiger charge is 2.32. The summed E-state index contributed by atoms with van der Waals surface area (Å²) in [5.74, 6) is 0.677. The second kappa shape index (κ2) is 7.91. The first-order chi connectivity index (χ1) is 14.4.